The van der Waals surface area contributed by atoms with E-state index in [1.807, 2.05) is 0 Å². The van der Waals surface area contributed by atoms with Crippen LogP contribution >= 0.6 is 0 Å². The molecule has 13 heteroatoms. The second kappa shape index (κ2) is 15.2. The molecule has 1 aliphatic carbocycles. The fourth-order valence-corrected chi connectivity index (χ4v) is 4.80. The van der Waals surface area contributed by atoms with Gasteiger partial charge in [0.25, 0.3) is 0 Å². The summed E-state index contributed by atoms with van der Waals surface area (Å²) in [4.78, 5) is 37.5. The highest BCUT2D eigenvalue weighted by molar-refractivity contribution is 5.88. The highest BCUT2D eigenvalue weighted by atomic mass is 19.1. The van der Waals surface area contributed by atoms with Gasteiger partial charge >= 0.3 is 11.9 Å². The van der Waals surface area contributed by atoms with Gasteiger partial charge in [0.15, 0.2) is 11.6 Å². The number of methoxy groups -OCH3 is 1. The molecule has 0 radical (unpaired) electrons. The number of anilines is 4. The number of hydrogen-bond donors (Lipinski definition) is 4. The van der Waals surface area contributed by atoms with Gasteiger partial charge in [-0.3, -0.25) is 9.59 Å². The van der Waals surface area contributed by atoms with Gasteiger partial charge in [0.1, 0.15) is 6.42 Å². The van der Waals surface area contributed by atoms with Gasteiger partial charge in [-0.1, -0.05) is 25.7 Å². The van der Waals surface area contributed by atoms with Crippen LogP contribution in [0.15, 0.2) is 18.2 Å². The molecule has 40 heavy (non-hydrogen) atoms. The van der Waals surface area contributed by atoms with Crippen molar-refractivity contribution < 1.29 is 28.9 Å². The minimum absolute atomic E-state index is 0.203. The fourth-order valence-electron chi connectivity index (χ4n) is 4.80. The van der Waals surface area contributed by atoms with E-state index in [0.29, 0.717) is 35.6 Å². The summed E-state index contributed by atoms with van der Waals surface area (Å²) < 4.78 is 19.2. The van der Waals surface area contributed by atoms with Gasteiger partial charge in [-0.15, -0.1) is 0 Å². The summed E-state index contributed by atoms with van der Waals surface area (Å²) in [5.74, 6) is -1.25. The van der Waals surface area contributed by atoms with E-state index >= 15 is 0 Å². The maximum Gasteiger partial charge on any atom is 0.314 e. The lowest BCUT2D eigenvalue weighted by atomic mass is 10.0. The maximum atomic E-state index is 14.2. The maximum absolute atomic E-state index is 14.2. The van der Waals surface area contributed by atoms with Crippen molar-refractivity contribution in [1.82, 2.24) is 19.9 Å². The Morgan fingerprint density at radius 1 is 1.02 bits per heavy atom. The third-order valence-electron chi connectivity index (χ3n) is 7.07. The van der Waals surface area contributed by atoms with Gasteiger partial charge in [-0.25, -0.2) is 4.39 Å². The number of carbonyl (C=O) groups is 2. The zero-order chi connectivity index (χ0) is 29.1. The topological polar surface area (TPSA) is 153 Å². The predicted octanol–water partition coefficient (Wildman–Crippen LogP) is 3.97. The minimum atomic E-state index is -1.31. The second-order valence-corrected chi connectivity index (χ2v) is 10.2. The number of aromatic nitrogens is 3. The molecule has 2 aromatic rings. The number of halogens is 1. The van der Waals surface area contributed by atoms with Crippen molar-refractivity contribution in [2.75, 3.05) is 49.8 Å². The lowest BCUT2D eigenvalue weighted by Gasteiger charge is -2.35. The van der Waals surface area contributed by atoms with Gasteiger partial charge < -0.3 is 35.4 Å². The average Bonchev–Trinajstić information content (AvgIpc) is 3.17. The number of nitrogens with one attached hydrogen (secondary N) is 2. The van der Waals surface area contributed by atoms with Crippen LogP contribution in [0.5, 0.6) is 5.75 Å². The Morgan fingerprint density at radius 3 is 2.20 bits per heavy atom. The third-order valence-corrected chi connectivity index (χ3v) is 7.07. The van der Waals surface area contributed by atoms with E-state index in [1.54, 1.807) is 12.1 Å². The summed E-state index contributed by atoms with van der Waals surface area (Å²) in [5, 5.41) is 22.1. The SMILES string of the molecule is COc1ccc(Nc2nc(NC3CCCCCC3)nc(N(C)C3CCN(C)CC3)n2)cc1F.O=C(O)CC(=O)O. The van der Waals surface area contributed by atoms with E-state index in [-0.39, 0.29) is 5.75 Å². The van der Waals surface area contributed by atoms with Gasteiger partial charge in [-0.05, 0) is 58.0 Å². The summed E-state index contributed by atoms with van der Waals surface area (Å²) >= 11 is 0. The average molecular weight is 562 g/mol. The molecule has 0 unspecified atom stereocenters. The molecule has 2 heterocycles. The lowest BCUT2D eigenvalue weighted by Crippen LogP contribution is -2.42. The molecule has 0 amide bonds. The highest BCUT2D eigenvalue weighted by Crippen LogP contribution is 2.26. The molecule has 0 atom stereocenters. The summed E-state index contributed by atoms with van der Waals surface area (Å²) in [6, 6.07) is 5.48. The Hall–Kier alpha value is -3.74. The van der Waals surface area contributed by atoms with Crippen LogP contribution in [0.1, 0.15) is 57.8 Å². The largest absolute Gasteiger partial charge is 0.494 e. The number of nitrogens with zero attached hydrogens (tertiary/aromatic N) is 5. The Bertz CT molecular complexity index is 1110. The zero-order valence-corrected chi connectivity index (χ0v) is 23.4. The smallest absolute Gasteiger partial charge is 0.314 e. The molecule has 1 saturated heterocycles. The molecule has 220 valence electrons. The van der Waals surface area contributed by atoms with E-state index in [0.717, 1.165) is 38.8 Å². The first-order valence-corrected chi connectivity index (χ1v) is 13.6. The standard InChI is InChI=1S/C24H36FN7O.C3H4O4/c1-31-14-12-19(13-15-31)32(2)24-29-22(26-17-8-6-4-5-7-9-17)28-23(30-24)27-18-10-11-21(33-3)20(25)16-18;4-2(5)1-3(6)7/h10-11,16-17,19H,4-9,12-15H2,1-3H3,(H2,26,27,28,29,30);1H2,(H,4,5)(H,6,7). The van der Waals surface area contributed by atoms with Crippen LogP contribution in [0.2, 0.25) is 0 Å². The zero-order valence-electron chi connectivity index (χ0n) is 23.4. The normalized spacial score (nSPS) is 16.7. The number of hydrogen-bond acceptors (Lipinski definition) is 10. The third kappa shape index (κ3) is 9.78. The number of aliphatic carboxylic acids is 2. The Kier molecular flexibility index (Phi) is 11.7. The molecular formula is C27H40FN7O5. The van der Waals surface area contributed by atoms with Crippen LogP contribution in [-0.4, -0.2) is 88.4 Å². The predicted molar refractivity (Wildman–Crippen MR) is 150 cm³/mol. The summed E-state index contributed by atoms with van der Waals surface area (Å²) in [5.41, 5.74) is 0.563. The van der Waals surface area contributed by atoms with Crippen molar-refractivity contribution in [3.63, 3.8) is 0 Å². The fraction of sp³-hybridized carbons (Fsp3) is 0.593. The van der Waals surface area contributed by atoms with Crippen LogP contribution in [-0.2, 0) is 9.59 Å². The van der Waals surface area contributed by atoms with Crippen molar-refractivity contribution in [2.24, 2.45) is 0 Å². The first-order chi connectivity index (χ1) is 19.1. The quantitative estimate of drug-likeness (QED) is 0.259. The van der Waals surface area contributed by atoms with E-state index < -0.39 is 24.2 Å². The monoisotopic (exact) mass is 561 g/mol. The number of piperidine rings is 1. The Balaban J connectivity index is 0.000000559. The molecule has 1 aliphatic heterocycles. The van der Waals surface area contributed by atoms with E-state index in [1.165, 1.54) is 38.9 Å². The second-order valence-electron chi connectivity index (χ2n) is 10.2. The van der Waals surface area contributed by atoms with Gasteiger partial charge in [0.05, 0.1) is 7.11 Å². The van der Waals surface area contributed by atoms with Crippen LogP contribution < -0.4 is 20.3 Å². The van der Waals surface area contributed by atoms with Crippen molar-refractivity contribution in [2.45, 2.75) is 69.9 Å². The molecule has 4 N–H and O–H groups in total. The molecule has 2 aliphatic rings. The molecule has 0 spiro atoms. The number of carboxylic acids is 2. The van der Waals surface area contributed by atoms with Crippen molar-refractivity contribution in [1.29, 1.82) is 0 Å². The van der Waals surface area contributed by atoms with E-state index in [9.17, 15) is 14.0 Å². The molecule has 2 fully saturated rings. The van der Waals surface area contributed by atoms with Crippen LogP contribution in [0.3, 0.4) is 0 Å². The Labute approximate surface area is 234 Å². The van der Waals surface area contributed by atoms with Gasteiger partial charge in [0, 0.05) is 30.9 Å². The van der Waals surface area contributed by atoms with Crippen LogP contribution in [0, 0.1) is 5.82 Å². The molecule has 0 bridgehead atoms. The molecule has 1 aromatic carbocycles. The summed E-state index contributed by atoms with van der Waals surface area (Å²) in [6.45, 7) is 2.12. The number of benzene rings is 1. The van der Waals surface area contributed by atoms with Gasteiger partial charge in [-0.2, -0.15) is 15.0 Å². The minimum Gasteiger partial charge on any atom is -0.494 e. The molecule has 1 aromatic heterocycles. The number of rotatable bonds is 9. The van der Waals surface area contributed by atoms with Crippen molar-refractivity contribution >= 4 is 35.5 Å². The number of carboxylic acid groups (broad SMARTS) is 2. The number of ether oxygens (including phenoxy) is 1. The van der Waals surface area contributed by atoms with Crippen molar-refractivity contribution in [3.8, 4) is 5.75 Å². The molecule has 1 saturated carbocycles. The summed E-state index contributed by atoms with van der Waals surface area (Å²) in [7, 11) is 5.66. The van der Waals surface area contributed by atoms with Crippen molar-refractivity contribution in [3.05, 3.63) is 24.0 Å². The lowest BCUT2D eigenvalue weighted by molar-refractivity contribution is -0.147. The number of likely N-dealkylation sites (tertiary alicyclic amines) is 1. The molecule has 4 rings (SSSR count). The van der Waals surface area contributed by atoms with E-state index in [4.69, 9.17) is 24.9 Å². The first kappa shape index (κ1) is 30.8. The Morgan fingerprint density at radius 2 is 1.65 bits per heavy atom. The van der Waals surface area contributed by atoms with Gasteiger partial charge in [0.2, 0.25) is 17.8 Å². The molecule has 12 nitrogen and oxygen atoms in total. The van der Waals surface area contributed by atoms with Crippen LogP contribution in [0.4, 0.5) is 27.9 Å². The van der Waals surface area contributed by atoms with Crippen LogP contribution in [0.25, 0.3) is 0 Å². The first-order valence-electron chi connectivity index (χ1n) is 13.6. The van der Waals surface area contributed by atoms with E-state index in [2.05, 4.69) is 39.5 Å². The molecular weight excluding hydrogens is 521 g/mol. The summed E-state index contributed by atoms with van der Waals surface area (Å²) in [6.07, 6.45) is 8.59. The highest BCUT2D eigenvalue weighted by Gasteiger charge is 2.24.